The Kier molecular flexibility index (Phi) is 9.91. The van der Waals surface area contributed by atoms with Gasteiger partial charge in [-0.2, -0.15) is 8.78 Å². The van der Waals surface area contributed by atoms with Gasteiger partial charge in [-0.05, 0) is 23.6 Å². The summed E-state index contributed by atoms with van der Waals surface area (Å²) in [6, 6.07) is 5.32. The molecule has 0 aliphatic carbocycles. The van der Waals surface area contributed by atoms with Gasteiger partial charge in [-0.15, -0.1) is 12.4 Å². The van der Waals surface area contributed by atoms with Crippen LogP contribution in [0.1, 0.15) is 19.4 Å². The van der Waals surface area contributed by atoms with E-state index in [1.165, 1.54) is 12.1 Å². The highest BCUT2D eigenvalue weighted by molar-refractivity contribution is 5.87. The minimum atomic E-state index is -2.90. The Balaban J connectivity index is 0.00000529. The van der Waals surface area contributed by atoms with Gasteiger partial charge in [0.25, 0.3) is 0 Å². The first-order valence-corrected chi connectivity index (χ1v) is 7.13. The first-order chi connectivity index (χ1) is 10.8. The Bertz CT molecular complexity index is 544. The fourth-order valence-electron chi connectivity index (χ4n) is 1.68. The van der Waals surface area contributed by atoms with Gasteiger partial charge in [-0.3, -0.25) is 9.59 Å². The van der Waals surface area contributed by atoms with E-state index in [1.807, 2.05) is 0 Å². The summed E-state index contributed by atoms with van der Waals surface area (Å²) in [6.45, 7) is 0.635. The number of amides is 2. The van der Waals surface area contributed by atoms with Gasteiger partial charge in [0.15, 0.2) is 0 Å². The van der Waals surface area contributed by atoms with Crippen molar-refractivity contribution >= 4 is 24.2 Å². The van der Waals surface area contributed by atoms with E-state index in [4.69, 9.17) is 5.73 Å². The van der Waals surface area contributed by atoms with Crippen LogP contribution in [0.25, 0.3) is 0 Å². The summed E-state index contributed by atoms with van der Waals surface area (Å²) in [4.78, 5) is 23.3. The molecule has 0 fully saturated rings. The number of carbonyl (C=O) groups excluding carboxylic acids is 2. The van der Waals surface area contributed by atoms with E-state index in [-0.39, 0.29) is 37.2 Å². The monoisotopic (exact) mass is 365 g/mol. The molecule has 0 heterocycles. The summed E-state index contributed by atoms with van der Waals surface area (Å²) in [5, 5.41) is 5.00. The standard InChI is InChI=1S/C15H21F2N3O3.ClH/c1-9(2)13(18)14(22)20-8-12(21)19-7-10-4-3-5-11(6-10)23-15(16)17;/h3-6,9,13,15H,7-8,18H2,1-2H3,(H,19,21)(H,20,22);1H/t13-;/m0./s1. The number of rotatable bonds is 8. The second-order valence-electron chi connectivity index (χ2n) is 5.29. The van der Waals surface area contributed by atoms with E-state index in [0.717, 1.165) is 0 Å². The van der Waals surface area contributed by atoms with E-state index in [1.54, 1.807) is 26.0 Å². The van der Waals surface area contributed by atoms with E-state index in [9.17, 15) is 18.4 Å². The summed E-state index contributed by atoms with van der Waals surface area (Å²) in [5.74, 6) is -0.824. The normalized spacial score (nSPS) is 11.6. The largest absolute Gasteiger partial charge is 0.435 e. The molecule has 0 radical (unpaired) electrons. The van der Waals surface area contributed by atoms with Gasteiger partial charge in [-0.25, -0.2) is 0 Å². The number of hydrogen-bond donors (Lipinski definition) is 3. The van der Waals surface area contributed by atoms with Crippen molar-refractivity contribution in [2.75, 3.05) is 6.54 Å². The molecule has 136 valence electrons. The molecule has 0 saturated carbocycles. The maximum atomic E-state index is 12.1. The lowest BCUT2D eigenvalue weighted by atomic mass is 10.1. The molecule has 2 amide bonds. The van der Waals surface area contributed by atoms with Crippen LogP contribution in [0.5, 0.6) is 5.75 Å². The third-order valence-electron chi connectivity index (χ3n) is 3.06. The molecule has 0 unspecified atom stereocenters. The summed E-state index contributed by atoms with van der Waals surface area (Å²) in [7, 11) is 0. The number of alkyl halides is 2. The summed E-state index contributed by atoms with van der Waals surface area (Å²) >= 11 is 0. The van der Waals surface area contributed by atoms with Gasteiger partial charge < -0.3 is 21.1 Å². The molecular formula is C15H22ClF2N3O3. The van der Waals surface area contributed by atoms with Gasteiger partial charge in [0.2, 0.25) is 11.8 Å². The third kappa shape index (κ3) is 8.07. The zero-order valence-corrected chi connectivity index (χ0v) is 14.2. The summed E-state index contributed by atoms with van der Waals surface area (Å²) in [6.07, 6.45) is 0. The Hall–Kier alpha value is -1.93. The van der Waals surface area contributed by atoms with Gasteiger partial charge in [-0.1, -0.05) is 26.0 Å². The molecule has 4 N–H and O–H groups in total. The predicted molar refractivity (Wildman–Crippen MR) is 88.0 cm³/mol. The van der Waals surface area contributed by atoms with E-state index < -0.39 is 24.5 Å². The number of benzene rings is 1. The average Bonchev–Trinajstić information content (AvgIpc) is 2.49. The fraction of sp³-hybridized carbons (Fsp3) is 0.467. The second-order valence-corrected chi connectivity index (χ2v) is 5.29. The van der Waals surface area contributed by atoms with Crippen molar-refractivity contribution in [1.82, 2.24) is 10.6 Å². The topological polar surface area (TPSA) is 93.5 Å². The van der Waals surface area contributed by atoms with Crippen LogP contribution >= 0.6 is 12.4 Å². The number of halogens is 3. The summed E-state index contributed by atoms with van der Waals surface area (Å²) < 4.78 is 28.5. The van der Waals surface area contributed by atoms with Crippen LogP contribution in [0.3, 0.4) is 0 Å². The van der Waals surface area contributed by atoms with Crippen molar-refractivity contribution in [3.8, 4) is 5.75 Å². The number of ether oxygens (including phenoxy) is 1. The smallest absolute Gasteiger partial charge is 0.387 e. The van der Waals surface area contributed by atoms with Crippen molar-refractivity contribution in [2.45, 2.75) is 33.0 Å². The van der Waals surface area contributed by atoms with Crippen LogP contribution in [-0.2, 0) is 16.1 Å². The molecule has 0 saturated heterocycles. The Morgan fingerprint density at radius 1 is 1.25 bits per heavy atom. The van der Waals surface area contributed by atoms with Crippen molar-refractivity contribution in [3.63, 3.8) is 0 Å². The van der Waals surface area contributed by atoms with E-state index in [2.05, 4.69) is 15.4 Å². The first-order valence-electron chi connectivity index (χ1n) is 7.13. The van der Waals surface area contributed by atoms with Gasteiger partial charge in [0.1, 0.15) is 5.75 Å². The second kappa shape index (κ2) is 10.8. The quantitative estimate of drug-likeness (QED) is 0.649. The fourth-order valence-corrected chi connectivity index (χ4v) is 1.68. The van der Waals surface area contributed by atoms with Crippen LogP contribution in [0, 0.1) is 5.92 Å². The maximum absolute atomic E-state index is 12.1. The minimum Gasteiger partial charge on any atom is -0.435 e. The van der Waals surface area contributed by atoms with Crippen LogP contribution in [0.4, 0.5) is 8.78 Å². The van der Waals surface area contributed by atoms with Gasteiger partial charge in [0, 0.05) is 6.54 Å². The van der Waals surface area contributed by atoms with Crippen LogP contribution in [0.15, 0.2) is 24.3 Å². The molecule has 0 bridgehead atoms. The Labute approximate surface area is 145 Å². The predicted octanol–water partition coefficient (Wildman–Crippen LogP) is 1.43. The molecule has 24 heavy (non-hydrogen) atoms. The van der Waals surface area contributed by atoms with Crippen molar-refractivity contribution in [1.29, 1.82) is 0 Å². The summed E-state index contributed by atoms with van der Waals surface area (Å²) in [5.41, 5.74) is 6.25. The van der Waals surface area contributed by atoms with Crippen molar-refractivity contribution < 1.29 is 23.1 Å². The molecule has 0 aliphatic heterocycles. The molecular weight excluding hydrogens is 344 g/mol. The molecule has 9 heteroatoms. The number of nitrogens with one attached hydrogen (secondary N) is 2. The zero-order valence-electron chi connectivity index (χ0n) is 13.4. The molecule has 0 spiro atoms. The molecule has 1 rings (SSSR count). The SMILES string of the molecule is CC(C)[C@H](N)C(=O)NCC(=O)NCc1cccc(OC(F)F)c1.Cl. The number of hydrogen-bond acceptors (Lipinski definition) is 4. The lowest BCUT2D eigenvalue weighted by Gasteiger charge is -2.15. The van der Waals surface area contributed by atoms with Gasteiger partial charge in [0.05, 0.1) is 12.6 Å². The lowest BCUT2D eigenvalue weighted by Crippen LogP contribution is -2.47. The highest BCUT2D eigenvalue weighted by atomic mass is 35.5. The van der Waals surface area contributed by atoms with E-state index >= 15 is 0 Å². The zero-order chi connectivity index (χ0) is 17.4. The number of nitrogens with two attached hydrogens (primary N) is 1. The molecule has 0 aromatic heterocycles. The van der Waals surface area contributed by atoms with Crippen molar-refractivity contribution in [2.24, 2.45) is 11.7 Å². The Morgan fingerprint density at radius 3 is 2.50 bits per heavy atom. The molecule has 1 aromatic rings. The number of carbonyl (C=O) groups is 2. The highest BCUT2D eigenvalue weighted by Crippen LogP contribution is 2.15. The molecule has 1 aromatic carbocycles. The maximum Gasteiger partial charge on any atom is 0.387 e. The van der Waals surface area contributed by atoms with Crippen LogP contribution in [-0.4, -0.2) is 31.0 Å². The first kappa shape index (κ1) is 22.1. The van der Waals surface area contributed by atoms with Crippen LogP contribution in [0.2, 0.25) is 0 Å². The molecule has 1 atom stereocenters. The average molecular weight is 366 g/mol. The Morgan fingerprint density at radius 2 is 1.92 bits per heavy atom. The van der Waals surface area contributed by atoms with Crippen LogP contribution < -0.4 is 21.1 Å². The van der Waals surface area contributed by atoms with E-state index in [0.29, 0.717) is 5.56 Å². The van der Waals surface area contributed by atoms with Crippen molar-refractivity contribution in [3.05, 3.63) is 29.8 Å². The minimum absolute atomic E-state index is 0. The molecule has 0 aliphatic rings. The third-order valence-corrected chi connectivity index (χ3v) is 3.06. The highest BCUT2D eigenvalue weighted by Gasteiger charge is 2.17. The lowest BCUT2D eigenvalue weighted by molar-refractivity contribution is -0.127. The molecule has 6 nitrogen and oxygen atoms in total. The van der Waals surface area contributed by atoms with Gasteiger partial charge >= 0.3 is 6.61 Å².